The Bertz CT molecular complexity index is 181. The minimum atomic E-state index is -0.00750. The normalized spacial score (nSPS) is 20.9. The molecule has 0 bridgehead atoms. The van der Waals surface area contributed by atoms with E-state index in [1.807, 2.05) is 0 Å². The largest absolute Gasteiger partial charge is 0.469 e. The van der Waals surface area contributed by atoms with Crippen LogP contribution in [0, 0.1) is 17.8 Å². The van der Waals surface area contributed by atoms with E-state index < -0.39 is 0 Å². The van der Waals surface area contributed by atoms with Crippen molar-refractivity contribution in [2.24, 2.45) is 17.8 Å². The van der Waals surface area contributed by atoms with Gasteiger partial charge in [0.1, 0.15) is 0 Å². The number of carbonyl (C=O) groups is 1. The van der Waals surface area contributed by atoms with Gasteiger partial charge in [0.05, 0.1) is 13.0 Å². The molecule has 0 spiro atoms. The summed E-state index contributed by atoms with van der Waals surface area (Å²) in [6, 6.07) is 0. The summed E-state index contributed by atoms with van der Waals surface area (Å²) in [5.41, 5.74) is 0. The molecule has 1 aliphatic carbocycles. The van der Waals surface area contributed by atoms with Crippen LogP contribution in [0.5, 0.6) is 0 Å². The predicted molar refractivity (Wildman–Crippen MR) is 56.9 cm³/mol. The Balaban J connectivity index is 2.60. The van der Waals surface area contributed by atoms with Crippen LogP contribution in [0.25, 0.3) is 0 Å². The minimum Gasteiger partial charge on any atom is -0.469 e. The number of ether oxygens (including phenoxy) is 1. The summed E-state index contributed by atoms with van der Waals surface area (Å²) in [5.74, 6) is 1.09. The molecule has 1 fully saturated rings. The number of hydrogen-bond donors (Lipinski definition) is 0. The lowest BCUT2D eigenvalue weighted by atomic mass is 9.75. The maximum absolute atomic E-state index is 11.6. The lowest BCUT2D eigenvalue weighted by molar-refractivity contribution is -0.149. The fourth-order valence-electron chi connectivity index (χ4n) is 2.64. The summed E-state index contributed by atoms with van der Waals surface area (Å²) < 4.78 is 4.89. The fraction of sp³-hybridized carbons (Fsp3) is 0.917. The maximum Gasteiger partial charge on any atom is 0.309 e. The molecule has 0 saturated heterocycles. The number of carbonyl (C=O) groups excluding carboxylic acids is 1. The van der Waals surface area contributed by atoms with Gasteiger partial charge in [-0.05, 0) is 24.7 Å². The molecule has 2 heteroatoms. The highest BCUT2D eigenvalue weighted by molar-refractivity contribution is 5.72. The van der Waals surface area contributed by atoms with Crippen LogP contribution in [0.1, 0.15) is 46.0 Å². The van der Waals surface area contributed by atoms with Crippen LogP contribution >= 0.6 is 0 Å². The standard InChI is InChI=1S/C12H22O2/c1-9(2)11(12(13)14-3)10-7-5-4-6-8-10/h9-11H,4-8H2,1-3H3. The molecule has 1 atom stereocenters. The summed E-state index contributed by atoms with van der Waals surface area (Å²) >= 11 is 0. The van der Waals surface area contributed by atoms with Crippen molar-refractivity contribution in [3.05, 3.63) is 0 Å². The predicted octanol–water partition coefficient (Wildman–Crippen LogP) is 3.01. The SMILES string of the molecule is COC(=O)C(C(C)C)C1CCCCC1. The van der Waals surface area contributed by atoms with Crippen LogP contribution in [0.15, 0.2) is 0 Å². The molecule has 0 aromatic heterocycles. The zero-order valence-electron chi connectivity index (χ0n) is 9.58. The monoisotopic (exact) mass is 198 g/mol. The van der Waals surface area contributed by atoms with E-state index in [2.05, 4.69) is 13.8 Å². The maximum atomic E-state index is 11.6. The van der Waals surface area contributed by atoms with Gasteiger partial charge in [-0.3, -0.25) is 4.79 Å². The van der Waals surface area contributed by atoms with Crippen LogP contribution in [-0.4, -0.2) is 13.1 Å². The fourth-order valence-corrected chi connectivity index (χ4v) is 2.64. The minimum absolute atomic E-state index is 0.00750. The Morgan fingerprint density at radius 3 is 2.21 bits per heavy atom. The summed E-state index contributed by atoms with van der Waals surface area (Å²) in [6.45, 7) is 4.24. The number of methoxy groups -OCH3 is 1. The first-order valence-electron chi connectivity index (χ1n) is 5.74. The van der Waals surface area contributed by atoms with Gasteiger partial charge < -0.3 is 4.74 Å². The Hall–Kier alpha value is -0.530. The third-order valence-electron chi connectivity index (χ3n) is 3.35. The highest BCUT2D eigenvalue weighted by Gasteiger charge is 2.32. The quantitative estimate of drug-likeness (QED) is 0.652. The van der Waals surface area contributed by atoms with Crippen molar-refractivity contribution in [2.45, 2.75) is 46.0 Å². The second kappa shape index (κ2) is 5.38. The molecule has 0 radical (unpaired) electrons. The topological polar surface area (TPSA) is 26.3 Å². The second-order valence-corrected chi connectivity index (χ2v) is 4.69. The van der Waals surface area contributed by atoms with E-state index in [-0.39, 0.29) is 11.9 Å². The number of esters is 1. The molecule has 2 nitrogen and oxygen atoms in total. The molecule has 0 aliphatic heterocycles. The second-order valence-electron chi connectivity index (χ2n) is 4.69. The molecule has 0 heterocycles. The first-order chi connectivity index (χ1) is 6.66. The zero-order chi connectivity index (χ0) is 10.6. The van der Waals surface area contributed by atoms with E-state index in [9.17, 15) is 4.79 Å². The number of rotatable bonds is 3. The van der Waals surface area contributed by atoms with E-state index in [1.54, 1.807) is 0 Å². The van der Waals surface area contributed by atoms with E-state index >= 15 is 0 Å². The van der Waals surface area contributed by atoms with Crippen molar-refractivity contribution in [1.29, 1.82) is 0 Å². The van der Waals surface area contributed by atoms with Gasteiger partial charge in [-0.1, -0.05) is 33.1 Å². The van der Waals surface area contributed by atoms with Crippen LogP contribution in [0.2, 0.25) is 0 Å². The molecule has 0 amide bonds. The van der Waals surface area contributed by atoms with Gasteiger partial charge in [-0.15, -0.1) is 0 Å². The zero-order valence-corrected chi connectivity index (χ0v) is 9.58. The van der Waals surface area contributed by atoms with Gasteiger partial charge in [0.2, 0.25) is 0 Å². The highest BCUT2D eigenvalue weighted by Crippen LogP contribution is 2.34. The molecule has 0 N–H and O–H groups in total. The summed E-state index contributed by atoms with van der Waals surface area (Å²) in [7, 11) is 1.50. The van der Waals surface area contributed by atoms with Crippen LogP contribution in [0.3, 0.4) is 0 Å². The first kappa shape index (κ1) is 11.5. The molecule has 0 aromatic carbocycles. The lowest BCUT2D eigenvalue weighted by Crippen LogP contribution is -2.30. The molecule has 1 saturated carbocycles. The first-order valence-corrected chi connectivity index (χ1v) is 5.74. The van der Waals surface area contributed by atoms with E-state index in [0.717, 1.165) is 0 Å². The molecule has 1 rings (SSSR count). The van der Waals surface area contributed by atoms with Gasteiger partial charge in [0.15, 0.2) is 0 Å². The van der Waals surface area contributed by atoms with Crippen molar-refractivity contribution in [3.8, 4) is 0 Å². The molecule has 0 aromatic rings. The van der Waals surface area contributed by atoms with E-state index in [0.29, 0.717) is 11.8 Å². The smallest absolute Gasteiger partial charge is 0.309 e. The summed E-state index contributed by atoms with van der Waals surface area (Å²) in [4.78, 5) is 11.6. The number of hydrogen-bond acceptors (Lipinski definition) is 2. The molecule has 1 aliphatic rings. The summed E-state index contributed by atoms with van der Waals surface area (Å²) in [6.07, 6.45) is 6.31. The average Bonchev–Trinajstić information content (AvgIpc) is 2.19. The van der Waals surface area contributed by atoms with Crippen molar-refractivity contribution < 1.29 is 9.53 Å². The van der Waals surface area contributed by atoms with E-state index in [1.165, 1.54) is 39.2 Å². The Morgan fingerprint density at radius 1 is 1.21 bits per heavy atom. The van der Waals surface area contributed by atoms with Gasteiger partial charge in [0.25, 0.3) is 0 Å². The molecular formula is C12H22O2. The third kappa shape index (κ3) is 2.73. The van der Waals surface area contributed by atoms with Gasteiger partial charge in [0, 0.05) is 0 Å². The average molecular weight is 198 g/mol. The van der Waals surface area contributed by atoms with Crippen LogP contribution < -0.4 is 0 Å². The third-order valence-corrected chi connectivity index (χ3v) is 3.35. The molecule has 1 unspecified atom stereocenters. The van der Waals surface area contributed by atoms with Gasteiger partial charge in [-0.25, -0.2) is 0 Å². The molecule has 82 valence electrons. The Kier molecular flexibility index (Phi) is 4.43. The van der Waals surface area contributed by atoms with Crippen LogP contribution in [-0.2, 0) is 9.53 Å². The Labute approximate surface area is 87.0 Å². The van der Waals surface area contributed by atoms with Crippen molar-refractivity contribution in [1.82, 2.24) is 0 Å². The van der Waals surface area contributed by atoms with Gasteiger partial charge >= 0.3 is 5.97 Å². The highest BCUT2D eigenvalue weighted by atomic mass is 16.5. The van der Waals surface area contributed by atoms with Crippen molar-refractivity contribution in [3.63, 3.8) is 0 Å². The van der Waals surface area contributed by atoms with Crippen molar-refractivity contribution >= 4 is 5.97 Å². The molecular weight excluding hydrogens is 176 g/mol. The van der Waals surface area contributed by atoms with Gasteiger partial charge in [-0.2, -0.15) is 0 Å². The summed E-state index contributed by atoms with van der Waals surface area (Å²) in [5, 5.41) is 0. The lowest BCUT2D eigenvalue weighted by Gasteiger charge is -2.30. The van der Waals surface area contributed by atoms with Crippen LogP contribution in [0.4, 0.5) is 0 Å². The molecule has 14 heavy (non-hydrogen) atoms. The Morgan fingerprint density at radius 2 is 1.79 bits per heavy atom. The van der Waals surface area contributed by atoms with Crippen molar-refractivity contribution in [2.75, 3.05) is 7.11 Å². The van der Waals surface area contributed by atoms with E-state index in [4.69, 9.17) is 4.74 Å².